The molecule has 0 spiro atoms. The van der Waals surface area contributed by atoms with Crippen molar-refractivity contribution in [3.63, 3.8) is 0 Å². The molecule has 0 aliphatic rings. The first-order valence-corrected chi connectivity index (χ1v) is 21.8. The molecule has 10 aromatic rings. The Labute approximate surface area is 371 Å². The van der Waals surface area contributed by atoms with Crippen LogP contribution in [0.3, 0.4) is 0 Å². The standard InChI is InChI=1S/C62H47N/c1-3-4-16-44(2)51-22-15-23-52(41-51)49-33-38-56(39-34-49)63(55-36-31-48(32-37-55)47-29-27-46(28-30-47)45-17-7-5-8-18-45)62-43-54(35-40-58(62)50-19-9-6-10-20-50)61-42-53-21-11-12-24-57(53)59-25-13-14-26-60(59)61/h3-43H,1-2H3/b4-3-,44-16+. The second kappa shape index (κ2) is 17.5. The molecule has 0 amide bonds. The van der Waals surface area contributed by atoms with E-state index >= 15 is 0 Å². The van der Waals surface area contributed by atoms with Crippen molar-refractivity contribution in [3.8, 4) is 55.6 Å². The van der Waals surface area contributed by atoms with Gasteiger partial charge >= 0.3 is 0 Å². The summed E-state index contributed by atoms with van der Waals surface area (Å²) in [6.45, 7) is 4.22. The molecule has 0 aliphatic heterocycles. The fourth-order valence-corrected chi connectivity index (χ4v) is 8.84. The Hall–Kier alpha value is -8.00. The van der Waals surface area contributed by atoms with E-state index in [4.69, 9.17) is 0 Å². The molecular formula is C62H47N. The number of rotatable bonds is 10. The average Bonchev–Trinajstić information content (AvgIpc) is 3.36. The smallest absolute Gasteiger partial charge is 0.0546 e. The van der Waals surface area contributed by atoms with E-state index in [0.717, 1.165) is 28.2 Å². The van der Waals surface area contributed by atoms with E-state index in [1.54, 1.807) is 0 Å². The van der Waals surface area contributed by atoms with Crippen LogP contribution in [0.1, 0.15) is 19.4 Å². The van der Waals surface area contributed by atoms with E-state index in [1.807, 2.05) is 0 Å². The van der Waals surface area contributed by atoms with E-state index in [1.165, 1.54) is 77.2 Å². The quantitative estimate of drug-likeness (QED) is 0.0983. The van der Waals surface area contributed by atoms with Gasteiger partial charge in [-0.15, -0.1) is 0 Å². The van der Waals surface area contributed by atoms with Crippen molar-refractivity contribution in [1.82, 2.24) is 0 Å². The van der Waals surface area contributed by atoms with Crippen molar-refractivity contribution < 1.29 is 0 Å². The van der Waals surface area contributed by atoms with Gasteiger partial charge in [0.2, 0.25) is 0 Å². The summed E-state index contributed by atoms with van der Waals surface area (Å²) in [5, 5.41) is 5.00. The molecule has 0 aliphatic carbocycles. The second-order valence-electron chi connectivity index (χ2n) is 16.1. The minimum atomic E-state index is 1.08. The molecular weight excluding hydrogens is 759 g/mol. The maximum atomic E-state index is 2.43. The lowest BCUT2D eigenvalue weighted by Gasteiger charge is -2.29. The van der Waals surface area contributed by atoms with Crippen molar-refractivity contribution in [1.29, 1.82) is 0 Å². The number of fused-ring (bicyclic) bond motifs is 3. The van der Waals surface area contributed by atoms with Gasteiger partial charge in [0.15, 0.2) is 0 Å². The number of anilines is 3. The monoisotopic (exact) mass is 805 g/mol. The van der Waals surface area contributed by atoms with Crippen molar-refractivity contribution in [3.05, 3.63) is 254 Å². The molecule has 0 saturated heterocycles. The number of hydrogen-bond acceptors (Lipinski definition) is 1. The SMILES string of the molecule is C/C=C\C=C(/C)c1cccc(-c2ccc(N(c3ccc(-c4ccc(-c5ccccc5)cc4)cc3)c3cc(-c4cc5ccccc5c5ccccc45)ccc3-c3ccccc3)cc2)c1. The summed E-state index contributed by atoms with van der Waals surface area (Å²) in [5.41, 5.74) is 17.6. The van der Waals surface area contributed by atoms with Gasteiger partial charge in [0.25, 0.3) is 0 Å². The van der Waals surface area contributed by atoms with Crippen molar-refractivity contribution in [2.75, 3.05) is 4.90 Å². The molecule has 0 atom stereocenters. The summed E-state index contributed by atoms with van der Waals surface area (Å²) >= 11 is 0. The molecule has 300 valence electrons. The average molecular weight is 806 g/mol. The Bertz CT molecular complexity index is 3250. The molecule has 1 heteroatoms. The summed E-state index contributed by atoms with van der Waals surface area (Å²) in [7, 11) is 0. The van der Waals surface area contributed by atoms with Crippen LogP contribution in [0.25, 0.3) is 82.8 Å². The van der Waals surface area contributed by atoms with Gasteiger partial charge in [-0.25, -0.2) is 0 Å². The van der Waals surface area contributed by atoms with Crippen molar-refractivity contribution in [2.45, 2.75) is 13.8 Å². The third-order valence-corrected chi connectivity index (χ3v) is 12.2. The van der Waals surface area contributed by atoms with E-state index in [9.17, 15) is 0 Å². The zero-order valence-corrected chi connectivity index (χ0v) is 35.6. The molecule has 10 rings (SSSR count). The predicted octanol–water partition coefficient (Wildman–Crippen LogP) is 17.8. The first-order valence-electron chi connectivity index (χ1n) is 21.8. The summed E-state index contributed by atoms with van der Waals surface area (Å²) in [6, 6.07) is 84.1. The zero-order valence-electron chi connectivity index (χ0n) is 35.6. The maximum absolute atomic E-state index is 2.43. The minimum absolute atomic E-state index is 1.08. The molecule has 0 bridgehead atoms. The Morgan fingerprint density at radius 3 is 1.49 bits per heavy atom. The Kier molecular flexibility index (Phi) is 10.9. The summed E-state index contributed by atoms with van der Waals surface area (Å²) in [4.78, 5) is 2.43. The topological polar surface area (TPSA) is 3.24 Å². The van der Waals surface area contributed by atoms with Crippen LogP contribution < -0.4 is 4.90 Å². The third kappa shape index (κ3) is 8.01. The van der Waals surface area contributed by atoms with Crippen molar-refractivity contribution >= 4 is 44.2 Å². The van der Waals surface area contributed by atoms with Gasteiger partial charge in [0, 0.05) is 16.9 Å². The molecule has 10 aromatic carbocycles. The lowest BCUT2D eigenvalue weighted by molar-refractivity contribution is 1.28. The molecule has 0 radical (unpaired) electrons. The van der Waals surface area contributed by atoms with Crippen LogP contribution in [-0.4, -0.2) is 0 Å². The molecule has 1 nitrogen and oxygen atoms in total. The summed E-state index contributed by atoms with van der Waals surface area (Å²) in [5.74, 6) is 0. The van der Waals surface area contributed by atoms with Gasteiger partial charge in [-0.2, -0.15) is 0 Å². The number of benzene rings is 10. The Morgan fingerprint density at radius 1 is 0.365 bits per heavy atom. The highest BCUT2D eigenvalue weighted by Crippen LogP contribution is 2.45. The Morgan fingerprint density at radius 2 is 0.857 bits per heavy atom. The lowest BCUT2D eigenvalue weighted by Crippen LogP contribution is -2.11. The molecule has 0 saturated carbocycles. The third-order valence-electron chi connectivity index (χ3n) is 12.2. The second-order valence-corrected chi connectivity index (χ2v) is 16.1. The number of allylic oxidation sites excluding steroid dienone is 4. The molecule has 0 aromatic heterocycles. The molecule has 0 N–H and O–H groups in total. The van der Waals surface area contributed by atoms with E-state index < -0.39 is 0 Å². The lowest BCUT2D eigenvalue weighted by atomic mass is 9.91. The van der Waals surface area contributed by atoms with E-state index in [2.05, 4.69) is 267 Å². The minimum Gasteiger partial charge on any atom is -0.310 e. The maximum Gasteiger partial charge on any atom is 0.0546 e. The summed E-state index contributed by atoms with van der Waals surface area (Å²) < 4.78 is 0. The highest BCUT2D eigenvalue weighted by atomic mass is 15.1. The molecule has 63 heavy (non-hydrogen) atoms. The highest BCUT2D eigenvalue weighted by molar-refractivity contribution is 6.14. The van der Waals surface area contributed by atoms with E-state index in [-0.39, 0.29) is 0 Å². The predicted molar refractivity (Wildman–Crippen MR) is 272 cm³/mol. The van der Waals surface area contributed by atoms with Gasteiger partial charge in [0.1, 0.15) is 0 Å². The van der Waals surface area contributed by atoms with Crippen LogP contribution in [0.4, 0.5) is 17.1 Å². The van der Waals surface area contributed by atoms with Gasteiger partial charge in [-0.05, 0) is 139 Å². The number of hydrogen-bond donors (Lipinski definition) is 0. The molecule has 0 fully saturated rings. The fraction of sp³-hybridized carbons (Fsp3) is 0.0323. The highest BCUT2D eigenvalue weighted by Gasteiger charge is 2.20. The summed E-state index contributed by atoms with van der Waals surface area (Å²) in [6.07, 6.45) is 6.34. The first-order chi connectivity index (χ1) is 31.1. The van der Waals surface area contributed by atoms with Gasteiger partial charge in [0.05, 0.1) is 5.69 Å². The van der Waals surface area contributed by atoms with E-state index in [0.29, 0.717) is 0 Å². The van der Waals surface area contributed by atoms with Crippen LogP contribution in [-0.2, 0) is 0 Å². The van der Waals surface area contributed by atoms with Crippen molar-refractivity contribution in [2.24, 2.45) is 0 Å². The largest absolute Gasteiger partial charge is 0.310 e. The van der Waals surface area contributed by atoms with Gasteiger partial charge in [-0.3, -0.25) is 0 Å². The van der Waals surface area contributed by atoms with Crippen LogP contribution >= 0.6 is 0 Å². The van der Waals surface area contributed by atoms with Crippen LogP contribution in [0.15, 0.2) is 249 Å². The van der Waals surface area contributed by atoms with Crippen LogP contribution in [0.2, 0.25) is 0 Å². The zero-order chi connectivity index (χ0) is 42.5. The fourth-order valence-electron chi connectivity index (χ4n) is 8.84. The normalized spacial score (nSPS) is 11.7. The van der Waals surface area contributed by atoms with Crippen LogP contribution in [0.5, 0.6) is 0 Å². The molecule has 0 unspecified atom stereocenters. The Balaban J connectivity index is 1.13. The number of nitrogens with zero attached hydrogens (tertiary/aromatic N) is 1. The molecule has 0 heterocycles. The first kappa shape index (κ1) is 39.2. The van der Waals surface area contributed by atoms with Gasteiger partial charge in [-0.1, -0.05) is 206 Å². The van der Waals surface area contributed by atoms with Crippen LogP contribution in [0, 0.1) is 0 Å². The van der Waals surface area contributed by atoms with Gasteiger partial charge < -0.3 is 4.90 Å².